The van der Waals surface area contributed by atoms with Crippen LogP contribution in [-0.4, -0.2) is 47.8 Å². The lowest BCUT2D eigenvalue weighted by Gasteiger charge is -2.12. The predicted molar refractivity (Wildman–Crippen MR) is 110 cm³/mol. The molecule has 0 aliphatic rings. The second-order valence-electron chi connectivity index (χ2n) is 6.12. The Morgan fingerprint density at radius 1 is 1.07 bits per heavy atom. The summed E-state index contributed by atoms with van der Waals surface area (Å²) in [7, 11) is -2.22. The summed E-state index contributed by atoms with van der Waals surface area (Å²) in [6.45, 7) is 4.77. The van der Waals surface area contributed by atoms with Crippen LogP contribution in [0.3, 0.4) is 0 Å². The van der Waals surface area contributed by atoms with E-state index in [4.69, 9.17) is 14.2 Å². The smallest absolute Gasteiger partial charge is 0.261 e. The Morgan fingerprint density at radius 2 is 1.79 bits per heavy atom. The summed E-state index contributed by atoms with van der Waals surface area (Å²) < 4.78 is 43.5. The molecule has 0 radical (unpaired) electrons. The van der Waals surface area contributed by atoms with Crippen LogP contribution in [0.2, 0.25) is 0 Å². The Morgan fingerprint density at radius 3 is 2.41 bits per heavy atom. The largest absolute Gasteiger partial charge is 0.494 e. The van der Waals surface area contributed by atoms with Crippen LogP contribution in [0.15, 0.2) is 47.4 Å². The van der Waals surface area contributed by atoms with Crippen LogP contribution in [-0.2, 0) is 19.6 Å². The van der Waals surface area contributed by atoms with Crippen molar-refractivity contribution in [3.63, 3.8) is 0 Å². The van der Waals surface area contributed by atoms with Crippen molar-refractivity contribution in [3.8, 4) is 11.5 Å². The first kappa shape index (κ1) is 22.5. The van der Waals surface area contributed by atoms with Gasteiger partial charge in [-0.3, -0.25) is 9.52 Å². The van der Waals surface area contributed by atoms with E-state index in [-0.39, 0.29) is 17.4 Å². The van der Waals surface area contributed by atoms with Crippen molar-refractivity contribution >= 4 is 21.6 Å². The molecule has 29 heavy (non-hydrogen) atoms. The molecule has 2 aromatic rings. The first-order valence-electron chi connectivity index (χ1n) is 9.10. The van der Waals surface area contributed by atoms with E-state index in [1.807, 2.05) is 6.92 Å². The van der Waals surface area contributed by atoms with Crippen molar-refractivity contribution in [1.82, 2.24) is 5.32 Å². The lowest BCUT2D eigenvalue weighted by Crippen LogP contribution is -2.31. The van der Waals surface area contributed by atoms with Crippen molar-refractivity contribution in [2.75, 3.05) is 38.2 Å². The van der Waals surface area contributed by atoms with E-state index >= 15 is 0 Å². The van der Waals surface area contributed by atoms with Crippen LogP contribution in [0.25, 0.3) is 0 Å². The van der Waals surface area contributed by atoms with Crippen molar-refractivity contribution in [3.05, 3.63) is 48.0 Å². The number of anilines is 1. The fourth-order valence-electron chi connectivity index (χ4n) is 2.44. The number of sulfonamides is 1. The molecule has 0 fully saturated rings. The highest BCUT2D eigenvalue weighted by Crippen LogP contribution is 2.24. The molecule has 9 heteroatoms. The van der Waals surface area contributed by atoms with Gasteiger partial charge in [0, 0.05) is 19.3 Å². The number of ether oxygens (including phenoxy) is 3. The topological polar surface area (TPSA) is 103 Å². The van der Waals surface area contributed by atoms with E-state index in [9.17, 15) is 13.2 Å². The zero-order valence-corrected chi connectivity index (χ0v) is 17.5. The summed E-state index contributed by atoms with van der Waals surface area (Å²) in [6.07, 6.45) is 0. The summed E-state index contributed by atoms with van der Waals surface area (Å²) >= 11 is 0. The molecule has 0 saturated carbocycles. The standard InChI is InChI=1S/C20H26N2O6S/c1-4-27-17-7-5-16(6-8-17)22-29(24,25)18-9-10-19(15(2)13-18)28-14-20(23)21-11-12-26-3/h5-10,13,22H,4,11-12,14H2,1-3H3,(H,21,23). The lowest BCUT2D eigenvalue weighted by molar-refractivity contribution is -0.123. The molecule has 0 atom stereocenters. The number of rotatable bonds is 11. The number of carbonyl (C=O) groups is 1. The van der Waals surface area contributed by atoms with Gasteiger partial charge in [-0.1, -0.05) is 0 Å². The van der Waals surface area contributed by atoms with Gasteiger partial charge in [-0.15, -0.1) is 0 Å². The molecule has 8 nitrogen and oxygen atoms in total. The lowest BCUT2D eigenvalue weighted by atomic mass is 10.2. The number of benzene rings is 2. The molecule has 0 bridgehead atoms. The number of methoxy groups -OCH3 is 1. The maximum atomic E-state index is 12.6. The van der Waals surface area contributed by atoms with Crippen molar-refractivity contribution in [2.45, 2.75) is 18.7 Å². The normalized spacial score (nSPS) is 11.0. The van der Waals surface area contributed by atoms with Gasteiger partial charge in [-0.05, 0) is 61.9 Å². The molecular weight excluding hydrogens is 396 g/mol. The van der Waals surface area contributed by atoms with Gasteiger partial charge in [0.2, 0.25) is 0 Å². The van der Waals surface area contributed by atoms with Gasteiger partial charge in [0.05, 0.1) is 18.1 Å². The van der Waals surface area contributed by atoms with Crippen LogP contribution in [0.5, 0.6) is 11.5 Å². The average Bonchev–Trinajstić information content (AvgIpc) is 2.68. The Kier molecular flexibility index (Phi) is 8.29. The van der Waals surface area contributed by atoms with Crippen LogP contribution < -0.4 is 19.5 Å². The first-order chi connectivity index (χ1) is 13.9. The molecule has 2 aromatic carbocycles. The fourth-order valence-corrected chi connectivity index (χ4v) is 3.58. The third-order valence-corrected chi connectivity index (χ3v) is 5.24. The number of hydrogen-bond donors (Lipinski definition) is 2. The third-order valence-electron chi connectivity index (χ3n) is 3.86. The predicted octanol–water partition coefficient (Wildman–Crippen LogP) is 2.34. The summed E-state index contributed by atoms with van der Waals surface area (Å²) in [4.78, 5) is 11.8. The quantitative estimate of drug-likeness (QED) is 0.539. The van der Waals surface area contributed by atoms with Gasteiger partial charge in [0.25, 0.3) is 15.9 Å². The van der Waals surface area contributed by atoms with Gasteiger partial charge in [-0.2, -0.15) is 0 Å². The third kappa shape index (κ3) is 6.95. The molecule has 2 rings (SSSR count). The summed E-state index contributed by atoms with van der Waals surface area (Å²) in [6, 6.07) is 11.1. The zero-order valence-electron chi connectivity index (χ0n) is 16.7. The monoisotopic (exact) mass is 422 g/mol. The molecule has 0 spiro atoms. The Bertz CT molecular complexity index is 913. The molecule has 0 unspecified atom stereocenters. The van der Waals surface area contributed by atoms with Crippen molar-refractivity contribution < 1.29 is 27.4 Å². The van der Waals surface area contributed by atoms with Crippen LogP contribution in [0.1, 0.15) is 12.5 Å². The Labute approximate surface area is 171 Å². The van der Waals surface area contributed by atoms with Crippen molar-refractivity contribution in [2.24, 2.45) is 0 Å². The molecule has 0 aliphatic heterocycles. The SMILES string of the molecule is CCOc1ccc(NS(=O)(=O)c2ccc(OCC(=O)NCCOC)c(C)c2)cc1. The second kappa shape index (κ2) is 10.7. The fraction of sp³-hybridized carbons (Fsp3) is 0.350. The summed E-state index contributed by atoms with van der Waals surface area (Å²) in [5.41, 5.74) is 1.03. The molecule has 1 amide bonds. The Hall–Kier alpha value is -2.78. The van der Waals surface area contributed by atoms with E-state index in [1.165, 1.54) is 18.2 Å². The van der Waals surface area contributed by atoms with Gasteiger partial charge in [0.1, 0.15) is 11.5 Å². The maximum absolute atomic E-state index is 12.6. The van der Waals surface area contributed by atoms with Crippen LogP contribution in [0.4, 0.5) is 5.69 Å². The maximum Gasteiger partial charge on any atom is 0.261 e. The minimum Gasteiger partial charge on any atom is -0.494 e. The average molecular weight is 423 g/mol. The number of hydrogen-bond acceptors (Lipinski definition) is 6. The second-order valence-corrected chi connectivity index (χ2v) is 7.80. The summed E-state index contributed by atoms with van der Waals surface area (Å²) in [5, 5.41) is 2.64. The number of aryl methyl sites for hydroxylation is 1. The molecule has 0 aliphatic carbocycles. The minimum atomic E-state index is -3.76. The highest BCUT2D eigenvalue weighted by molar-refractivity contribution is 7.92. The Balaban J connectivity index is 2.01. The van der Waals surface area contributed by atoms with E-state index < -0.39 is 10.0 Å². The van der Waals surface area contributed by atoms with Gasteiger partial charge in [-0.25, -0.2) is 8.42 Å². The molecule has 158 valence electrons. The van der Waals surface area contributed by atoms with E-state index in [0.29, 0.717) is 42.5 Å². The molecule has 0 aromatic heterocycles. The van der Waals surface area contributed by atoms with E-state index in [2.05, 4.69) is 10.0 Å². The zero-order chi connectivity index (χ0) is 21.3. The molecule has 0 heterocycles. The van der Waals surface area contributed by atoms with E-state index in [1.54, 1.807) is 38.3 Å². The van der Waals surface area contributed by atoms with Crippen LogP contribution >= 0.6 is 0 Å². The highest BCUT2D eigenvalue weighted by atomic mass is 32.2. The molecule has 0 saturated heterocycles. The number of amides is 1. The minimum absolute atomic E-state index is 0.0979. The molecule has 2 N–H and O–H groups in total. The summed E-state index contributed by atoms with van der Waals surface area (Å²) in [5.74, 6) is 0.821. The van der Waals surface area contributed by atoms with E-state index in [0.717, 1.165) is 0 Å². The highest BCUT2D eigenvalue weighted by Gasteiger charge is 2.16. The van der Waals surface area contributed by atoms with Crippen LogP contribution in [0, 0.1) is 6.92 Å². The van der Waals surface area contributed by atoms with Gasteiger partial charge in [0.15, 0.2) is 6.61 Å². The number of nitrogens with one attached hydrogen (secondary N) is 2. The van der Waals surface area contributed by atoms with Crippen molar-refractivity contribution in [1.29, 1.82) is 0 Å². The molecular formula is C20H26N2O6S. The van der Waals surface area contributed by atoms with Gasteiger partial charge < -0.3 is 19.5 Å². The number of carbonyl (C=O) groups excluding carboxylic acids is 1. The van der Waals surface area contributed by atoms with Gasteiger partial charge >= 0.3 is 0 Å². The first-order valence-corrected chi connectivity index (χ1v) is 10.6.